The first-order valence-corrected chi connectivity index (χ1v) is 9.68. The zero-order valence-electron chi connectivity index (χ0n) is 13.9. The van der Waals surface area contributed by atoms with Gasteiger partial charge in [0.2, 0.25) is 15.9 Å². The fraction of sp³-hybridized carbons (Fsp3) is 0.278. The summed E-state index contributed by atoms with van der Waals surface area (Å²) in [4.78, 5) is 12.0. The molecule has 2 aromatic carbocycles. The van der Waals surface area contributed by atoms with Crippen molar-refractivity contribution in [1.82, 2.24) is 4.31 Å². The predicted molar refractivity (Wildman–Crippen MR) is 93.3 cm³/mol. The van der Waals surface area contributed by atoms with Gasteiger partial charge in [0, 0.05) is 12.6 Å². The van der Waals surface area contributed by atoms with Crippen molar-refractivity contribution < 1.29 is 22.7 Å². The second kappa shape index (κ2) is 6.30. The fourth-order valence-electron chi connectivity index (χ4n) is 3.31. The first-order chi connectivity index (χ1) is 12.5. The molecule has 0 saturated carbocycles. The highest BCUT2D eigenvalue weighted by Crippen LogP contribution is 2.35. The topological polar surface area (TPSA) is 98.9 Å². The number of nitrogens with zero attached hydrogens (tertiary/aromatic N) is 1. The van der Waals surface area contributed by atoms with E-state index in [-0.39, 0.29) is 17.9 Å². The number of carbonyl (C=O) groups is 1. The summed E-state index contributed by atoms with van der Waals surface area (Å²) >= 11 is 0. The fourth-order valence-corrected chi connectivity index (χ4v) is 4.90. The summed E-state index contributed by atoms with van der Waals surface area (Å²) < 4.78 is 38.5. The van der Waals surface area contributed by atoms with Crippen LogP contribution in [0, 0.1) is 0 Å². The number of rotatable bonds is 3. The minimum Gasteiger partial charge on any atom is -0.486 e. The Morgan fingerprint density at radius 2 is 1.73 bits per heavy atom. The van der Waals surface area contributed by atoms with E-state index in [9.17, 15) is 13.2 Å². The summed E-state index contributed by atoms with van der Waals surface area (Å²) in [5, 5.41) is 0. The maximum atomic E-state index is 13.2. The Kier molecular flexibility index (Phi) is 4.08. The first kappa shape index (κ1) is 16.9. The van der Waals surface area contributed by atoms with Crippen molar-refractivity contribution in [3.8, 4) is 11.5 Å². The Morgan fingerprint density at radius 1 is 1.04 bits per heavy atom. The molecule has 2 heterocycles. The monoisotopic (exact) mass is 374 g/mol. The van der Waals surface area contributed by atoms with Gasteiger partial charge in [0.15, 0.2) is 11.5 Å². The maximum Gasteiger partial charge on any atom is 0.244 e. The lowest BCUT2D eigenvalue weighted by Crippen LogP contribution is -2.51. The van der Waals surface area contributed by atoms with E-state index in [1.54, 1.807) is 6.07 Å². The van der Waals surface area contributed by atoms with Gasteiger partial charge in [0.25, 0.3) is 0 Å². The van der Waals surface area contributed by atoms with E-state index in [1.807, 2.05) is 24.3 Å². The van der Waals surface area contributed by atoms with Gasteiger partial charge < -0.3 is 15.2 Å². The number of carbonyl (C=O) groups excluding carboxylic acids is 1. The Labute approximate surface area is 151 Å². The van der Waals surface area contributed by atoms with Crippen molar-refractivity contribution >= 4 is 15.9 Å². The molecule has 7 nitrogen and oxygen atoms in total. The number of benzene rings is 2. The summed E-state index contributed by atoms with van der Waals surface area (Å²) in [5.74, 6) is 0.219. The summed E-state index contributed by atoms with van der Waals surface area (Å²) in [6.07, 6.45) is 0.259. The van der Waals surface area contributed by atoms with Crippen LogP contribution in [0.1, 0.15) is 11.1 Å². The Balaban J connectivity index is 1.75. The zero-order valence-corrected chi connectivity index (χ0v) is 14.7. The zero-order chi connectivity index (χ0) is 18.3. The van der Waals surface area contributed by atoms with Crippen molar-refractivity contribution in [2.24, 2.45) is 5.73 Å². The van der Waals surface area contributed by atoms with E-state index in [0.29, 0.717) is 24.7 Å². The largest absolute Gasteiger partial charge is 0.486 e. The van der Waals surface area contributed by atoms with Gasteiger partial charge in [-0.25, -0.2) is 8.42 Å². The molecule has 0 spiro atoms. The van der Waals surface area contributed by atoms with Gasteiger partial charge >= 0.3 is 0 Å². The van der Waals surface area contributed by atoms with Crippen LogP contribution in [0.4, 0.5) is 0 Å². The van der Waals surface area contributed by atoms with Crippen LogP contribution in [0.5, 0.6) is 11.5 Å². The van der Waals surface area contributed by atoms with Crippen LogP contribution < -0.4 is 15.2 Å². The van der Waals surface area contributed by atoms with Gasteiger partial charge in [-0.1, -0.05) is 24.3 Å². The molecule has 1 amide bonds. The van der Waals surface area contributed by atoms with Gasteiger partial charge in [0.1, 0.15) is 19.3 Å². The van der Waals surface area contributed by atoms with Crippen LogP contribution >= 0.6 is 0 Å². The lowest BCUT2D eigenvalue weighted by molar-refractivity contribution is -0.122. The minimum atomic E-state index is -3.94. The summed E-state index contributed by atoms with van der Waals surface area (Å²) in [5.41, 5.74) is 7.31. The molecule has 0 unspecified atom stereocenters. The van der Waals surface area contributed by atoms with Gasteiger partial charge in [-0.2, -0.15) is 4.31 Å². The molecule has 1 atom stereocenters. The highest BCUT2D eigenvalue weighted by atomic mass is 32.2. The van der Waals surface area contributed by atoms with Crippen molar-refractivity contribution in [3.63, 3.8) is 0 Å². The molecule has 4 rings (SSSR count). The number of hydrogen-bond donors (Lipinski definition) is 1. The van der Waals surface area contributed by atoms with Gasteiger partial charge in [-0.3, -0.25) is 4.79 Å². The Bertz CT molecular complexity index is 973. The van der Waals surface area contributed by atoms with Crippen molar-refractivity contribution in [3.05, 3.63) is 53.6 Å². The average Bonchev–Trinajstić information content (AvgIpc) is 2.66. The highest BCUT2D eigenvalue weighted by Gasteiger charge is 2.39. The van der Waals surface area contributed by atoms with E-state index in [0.717, 1.165) is 11.1 Å². The summed E-state index contributed by atoms with van der Waals surface area (Å²) in [6.45, 7) is 0.879. The molecule has 136 valence electrons. The molecular formula is C18H18N2O5S. The number of primary amides is 1. The van der Waals surface area contributed by atoms with E-state index in [2.05, 4.69) is 0 Å². The minimum absolute atomic E-state index is 0.0485. The molecule has 0 saturated heterocycles. The van der Waals surface area contributed by atoms with Crippen LogP contribution in [0.25, 0.3) is 0 Å². The standard InChI is InChI=1S/C18H18N2O5S/c19-18(21)15-9-12-3-1-2-4-13(12)11-20(15)26(22,23)14-5-6-16-17(10-14)25-8-7-24-16/h1-6,10,15H,7-9,11H2,(H2,19,21)/t15-/m0/s1. The smallest absolute Gasteiger partial charge is 0.244 e. The Hall–Kier alpha value is -2.58. The molecule has 0 bridgehead atoms. The normalized spacial score (nSPS) is 19.6. The molecule has 2 aliphatic heterocycles. The van der Waals surface area contributed by atoms with Crippen molar-refractivity contribution in [2.45, 2.75) is 23.9 Å². The molecular weight excluding hydrogens is 356 g/mol. The van der Waals surface area contributed by atoms with E-state index < -0.39 is 22.0 Å². The van der Waals surface area contributed by atoms with Gasteiger partial charge in [-0.05, 0) is 29.7 Å². The average molecular weight is 374 g/mol. The molecule has 26 heavy (non-hydrogen) atoms. The second-order valence-corrected chi connectivity index (χ2v) is 8.14. The predicted octanol–water partition coefficient (Wildman–Crippen LogP) is 1.06. The van der Waals surface area contributed by atoms with E-state index in [4.69, 9.17) is 15.2 Å². The second-order valence-electron chi connectivity index (χ2n) is 6.25. The van der Waals surface area contributed by atoms with Crippen LogP contribution in [0.15, 0.2) is 47.4 Å². The van der Waals surface area contributed by atoms with Crippen LogP contribution in [0.3, 0.4) is 0 Å². The number of fused-ring (bicyclic) bond motifs is 2. The van der Waals surface area contributed by atoms with Crippen LogP contribution in [0.2, 0.25) is 0 Å². The van der Waals surface area contributed by atoms with Gasteiger partial charge in [0.05, 0.1) is 4.90 Å². The van der Waals surface area contributed by atoms with Gasteiger partial charge in [-0.15, -0.1) is 0 Å². The third-order valence-electron chi connectivity index (χ3n) is 4.65. The molecule has 0 aromatic heterocycles. The SMILES string of the molecule is NC(=O)[C@@H]1Cc2ccccc2CN1S(=O)(=O)c1ccc2c(c1)OCCO2. The molecule has 2 aliphatic rings. The molecule has 2 aromatic rings. The van der Waals surface area contributed by atoms with E-state index in [1.165, 1.54) is 16.4 Å². The number of sulfonamides is 1. The quantitative estimate of drug-likeness (QED) is 0.866. The van der Waals surface area contributed by atoms with Crippen LogP contribution in [-0.4, -0.2) is 37.9 Å². The number of nitrogens with two attached hydrogens (primary N) is 1. The molecule has 0 fully saturated rings. The number of ether oxygens (including phenoxy) is 2. The summed E-state index contributed by atoms with van der Waals surface area (Å²) in [6, 6.07) is 11.0. The van der Waals surface area contributed by atoms with Crippen LogP contribution in [-0.2, 0) is 27.8 Å². The molecule has 0 radical (unpaired) electrons. The molecule has 0 aliphatic carbocycles. The number of amides is 1. The highest BCUT2D eigenvalue weighted by molar-refractivity contribution is 7.89. The molecule has 8 heteroatoms. The first-order valence-electron chi connectivity index (χ1n) is 8.24. The Morgan fingerprint density at radius 3 is 2.46 bits per heavy atom. The molecule has 2 N–H and O–H groups in total. The maximum absolute atomic E-state index is 13.2. The lowest BCUT2D eigenvalue weighted by Gasteiger charge is -2.34. The van der Waals surface area contributed by atoms with Crippen molar-refractivity contribution in [1.29, 1.82) is 0 Å². The number of hydrogen-bond acceptors (Lipinski definition) is 5. The third kappa shape index (κ3) is 2.81. The van der Waals surface area contributed by atoms with E-state index >= 15 is 0 Å². The lowest BCUT2D eigenvalue weighted by atomic mass is 9.96. The van der Waals surface area contributed by atoms with Crippen molar-refractivity contribution in [2.75, 3.05) is 13.2 Å². The summed E-state index contributed by atoms with van der Waals surface area (Å²) in [7, 11) is -3.94. The third-order valence-corrected chi connectivity index (χ3v) is 6.50.